The SMILES string of the molecule is Cl.NCC1(C(=O)NCCOc2ccc(F)cc2F)CCOCC1. The third-order valence-corrected chi connectivity index (χ3v) is 3.86. The van der Waals surface area contributed by atoms with E-state index in [2.05, 4.69) is 5.32 Å². The summed E-state index contributed by atoms with van der Waals surface area (Å²) in [6.45, 7) is 1.60. The van der Waals surface area contributed by atoms with Crippen molar-refractivity contribution in [2.24, 2.45) is 11.1 Å². The summed E-state index contributed by atoms with van der Waals surface area (Å²) in [5.41, 5.74) is 5.14. The molecule has 0 radical (unpaired) electrons. The molecule has 1 aromatic carbocycles. The quantitative estimate of drug-likeness (QED) is 0.765. The van der Waals surface area contributed by atoms with E-state index in [4.69, 9.17) is 15.2 Å². The Bertz CT molecular complexity index is 525. The number of hydrogen-bond donors (Lipinski definition) is 2. The van der Waals surface area contributed by atoms with Gasteiger partial charge in [0, 0.05) is 25.8 Å². The first kappa shape index (κ1) is 19.6. The molecule has 5 nitrogen and oxygen atoms in total. The lowest BCUT2D eigenvalue weighted by atomic mass is 9.79. The van der Waals surface area contributed by atoms with E-state index < -0.39 is 17.0 Å². The van der Waals surface area contributed by atoms with E-state index in [0.29, 0.717) is 26.1 Å². The molecule has 8 heteroatoms. The zero-order chi connectivity index (χ0) is 16.0. The van der Waals surface area contributed by atoms with Crippen molar-refractivity contribution in [3.8, 4) is 5.75 Å². The Morgan fingerprint density at radius 2 is 2.04 bits per heavy atom. The number of carbonyl (C=O) groups excluding carboxylic acids is 1. The molecule has 0 aliphatic carbocycles. The highest BCUT2D eigenvalue weighted by Gasteiger charge is 2.38. The summed E-state index contributed by atoms with van der Waals surface area (Å²) < 4.78 is 36.5. The molecule has 0 spiro atoms. The van der Waals surface area contributed by atoms with Crippen molar-refractivity contribution in [1.29, 1.82) is 0 Å². The fourth-order valence-electron chi connectivity index (χ4n) is 2.39. The molecule has 1 aromatic rings. The predicted molar refractivity (Wildman–Crippen MR) is 83.7 cm³/mol. The molecule has 130 valence electrons. The van der Waals surface area contributed by atoms with Crippen molar-refractivity contribution >= 4 is 18.3 Å². The lowest BCUT2D eigenvalue weighted by Crippen LogP contribution is -2.49. The van der Waals surface area contributed by atoms with Gasteiger partial charge >= 0.3 is 0 Å². The summed E-state index contributed by atoms with van der Waals surface area (Å²) in [5.74, 6) is -1.62. The zero-order valence-corrected chi connectivity index (χ0v) is 13.5. The maximum Gasteiger partial charge on any atom is 0.227 e. The number of amides is 1. The molecule has 1 saturated heterocycles. The first-order valence-electron chi connectivity index (χ1n) is 7.21. The molecule has 1 aliphatic rings. The summed E-state index contributed by atoms with van der Waals surface area (Å²) in [5, 5.41) is 2.75. The number of nitrogens with two attached hydrogens (primary N) is 1. The van der Waals surface area contributed by atoms with Crippen LogP contribution < -0.4 is 15.8 Å². The van der Waals surface area contributed by atoms with Crippen LogP contribution in [0.5, 0.6) is 5.75 Å². The zero-order valence-electron chi connectivity index (χ0n) is 12.6. The second kappa shape index (κ2) is 9.00. The molecule has 0 aromatic heterocycles. The molecule has 0 saturated carbocycles. The van der Waals surface area contributed by atoms with Crippen LogP contribution in [0, 0.1) is 17.0 Å². The fraction of sp³-hybridized carbons (Fsp3) is 0.533. The van der Waals surface area contributed by atoms with Gasteiger partial charge in [0.25, 0.3) is 0 Å². The van der Waals surface area contributed by atoms with Crippen LogP contribution >= 0.6 is 12.4 Å². The van der Waals surface area contributed by atoms with Crippen LogP contribution in [0.3, 0.4) is 0 Å². The second-order valence-corrected chi connectivity index (χ2v) is 5.28. The topological polar surface area (TPSA) is 73.6 Å². The Morgan fingerprint density at radius 3 is 2.65 bits per heavy atom. The molecule has 0 bridgehead atoms. The van der Waals surface area contributed by atoms with Gasteiger partial charge in [0.05, 0.1) is 12.0 Å². The number of nitrogens with one attached hydrogen (secondary N) is 1. The van der Waals surface area contributed by atoms with Gasteiger partial charge in [-0.15, -0.1) is 12.4 Å². The molecule has 3 N–H and O–H groups in total. The molecule has 23 heavy (non-hydrogen) atoms. The van der Waals surface area contributed by atoms with Crippen molar-refractivity contribution in [2.45, 2.75) is 12.8 Å². The number of hydrogen-bond acceptors (Lipinski definition) is 4. The minimum absolute atomic E-state index is 0. The van der Waals surface area contributed by atoms with Crippen LogP contribution in [0.25, 0.3) is 0 Å². The summed E-state index contributed by atoms with van der Waals surface area (Å²) in [6.07, 6.45) is 1.17. The van der Waals surface area contributed by atoms with Gasteiger partial charge in [-0.2, -0.15) is 0 Å². The fourth-order valence-corrected chi connectivity index (χ4v) is 2.39. The van der Waals surface area contributed by atoms with E-state index in [1.807, 2.05) is 0 Å². The number of carbonyl (C=O) groups is 1. The monoisotopic (exact) mass is 350 g/mol. The summed E-state index contributed by atoms with van der Waals surface area (Å²) >= 11 is 0. The Morgan fingerprint density at radius 1 is 1.35 bits per heavy atom. The Kier molecular flexibility index (Phi) is 7.67. The van der Waals surface area contributed by atoms with Crippen molar-refractivity contribution in [1.82, 2.24) is 5.32 Å². The molecule has 1 amide bonds. The standard InChI is InChI=1S/C15H20F2N2O3.ClH/c16-11-1-2-13(12(17)9-11)22-8-5-19-14(20)15(10-18)3-6-21-7-4-15;/h1-2,9H,3-8,10,18H2,(H,19,20);1H. The minimum atomic E-state index is -0.769. The molecule has 0 atom stereocenters. The van der Waals surface area contributed by atoms with Crippen LogP contribution in [-0.2, 0) is 9.53 Å². The molecular formula is C15H21ClF2N2O3. The Balaban J connectivity index is 0.00000264. The van der Waals surface area contributed by atoms with E-state index in [9.17, 15) is 13.6 Å². The summed E-state index contributed by atoms with van der Waals surface area (Å²) in [7, 11) is 0. The van der Waals surface area contributed by atoms with Crippen molar-refractivity contribution in [3.63, 3.8) is 0 Å². The van der Waals surface area contributed by atoms with Crippen LogP contribution in [0.1, 0.15) is 12.8 Å². The average molecular weight is 351 g/mol. The van der Waals surface area contributed by atoms with Gasteiger partial charge in [-0.25, -0.2) is 8.78 Å². The minimum Gasteiger partial charge on any atom is -0.489 e. The molecule has 2 rings (SSSR count). The highest BCUT2D eigenvalue weighted by molar-refractivity contribution is 5.85. The largest absolute Gasteiger partial charge is 0.489 e. The third-order valence-electron chi connectivity index (χ3n) is 3.86. The predicted octanol–water partition coefficient (Wildman–Crippen LogP) is 1.64. The van der Waals surface area contributed by atoms with Crippen molar-refractivity contribution in [2.75, 3.05) is 32.9 Å². The van der Waals surface area contributed by atoms with E-state index in [1.165, 1.54) is 6.07 Å². The molecule has 1 aliphatic heterocycles. The van der Waals surface area contributed by atoms with Gasteiger partial charge in [-0.05, 0) is 25.0 Å². The highest BCUT2D eigenvalue weighted by atomic mass is 35.5. The van der Waals surface area contributed by atoms with Crippen molar-refractivity contribution < 1.29 is 23.0 Å². The second-order valence-electron chi connectivity index (χ2n) is 5.28. The number of ether oxygens (including phenoxy) is 2. The Labute approximate surface area is 139 Å². The molecule has 1 fully saturated rings. The lowest BCUT2D eigenvalue weighted by molar-refractivity contribution is -0.136. The normalized spacial score (nSPS) is 16.3. The molecule has 0 unspecified atom stereocenters. The summed E-state index contributed by atoms with van der Waals surface area (Å²) in [4.78, 5) is 12.2. The Hall–Kier alpha value is -1.44. The van der Waals surface area contributed by atoms with E-state index in [-0.39, 0.29) is 43.8 Å². The maximum atomic E-state index is 13.4. The van der Waals surface area contributed by atoms with E-state index >= 15 is 0 Å². The highest BCUT2D eigenvalue weighted by Crippen LogP contribution is 2.29. The van der Waals surface area contributed by atoms with Gasteiger partial charge in [0.2, 0.25) is 5.91 Å². The first-order chi connectivity index (χ1) is 10.6. The van der Waals surface area contributed by atoms with E-state index in [1.54, 1.807) is 0 Å². The molecule has 1 heterocycles. The van der Waals surface area contributed by atoms with Gasteiger partial charge in [0.15, 0.2) is 11.6 Å². The van der Waals surface area contributed by atoms with Crippen LogP contribution in [0.4, 0.5) is 8.78 Å². The van der Waals surface area contributed by atoms with Crippen LogP contribution in [0.15, 0.2) is 18.2 Å². The van der Waals surface area contributed by atoms with Gasteiger partial charge in [0.1, 0.15) is 12.4 Å². The average Bonchev–Trinajstić information content (AvgIpc) is 2.53. The van der Waals surface area contributed by atoms with Crippen molar-refractivity contribution in [3.05, 3.63) is 29.8 Å². The number of halogens is 3. The van der Waals surface area contributed by atoms with Crippen LogP contribution in [0.2, 0.25) is 0 Å². The van der Waals surface area contributed by atoms with Crippen LogP contribution in [-0.4, -0.2) is 38.8 Å². The van der Waals surface area contributed by atoms with E-state index in [0.717, 1.165) is 12.1 Å². The smallest absolute Gasteiger partial charge is 0.227 e. The first-order valence-corrected chi connectivity index (χ1v) is 7.21. The maximum absolute atomic E-state index is 13.4. The van der Waals surface area contributed by atoms with Gasteiger partial charge in [-0.1, -0.05) is 0 Å². The van der Waals surface area contributed by atoms with Gasteiger partial charge in [-0.3, -0.25) is 4.79 Å². The molecular weight excluding hydrogens is 330 g/mol. The number of rotatable bonds is 6. The number of benzene rings is 1. The lowest BCUT2D eigenvalue weighted by Gasteiger charge is -2.34. The summed E-state index contributed by atoms with van der Waals surface area (Å²) in [6, 6.07) is 3.08. The third kappa shape index (κ3) is 5.02. The van der Waals surface area contributed by atoms with Gasteiger partial charge < -0.3 is 20.5 Å².